The Kier molecular flexibility index (Phi) is 3.54. The van der Waals surface area contributed by atoms with E-state index in [1.165, 1.54) is 5.56 Å². The zero-order chi connectivity index (χ0) is 11.5. The van der Waals surface area contributed by atoms with Gasteiger partial charge in [-0.25, -0.2) is 0 Å². The first kappa shape index (κ1) is 11.5. The molecule has 0 N–H and O–H groups in total. The van der Waals surface area contributed by atoms with E-state index in [9.17, 15) is 4.79 Å². The number of carbonyl (C=O) groups is 1. The van der Waals surface area contributed by atoms with Crippen LogP contribution in [0.3, 0.4) is 0 Å². The molecule has 2 nitrogen and oxygen atoms in total. The van der Waals surface area contributed by atoms with Gasteiger partial charge in [-0.15, -0.1) is 0 Å². The number of hydrogen-bond donors (Lipinski definition) is 0. The van der Waals surface area contributed by atoms with Gasteiger partial charge in [0.15, 0.2) is 0 Å². The van der Waals surface area contributed by atoms with E-state index in [1.54, 1.807) is 11.8 Å². The fourth-order valence-electron chi connectivity index (χ4n) is 2.24. The number of amides is 1. The fourth-order valence-corrected chi connectivity index (χ4v) is 3.14. The molecule has 0 aromatic heterocycles. The van der Waals surface area contributed by atoms with Crippen LogP contribution in [0.5, 0.6) is 0 Å². The van der Waals surface area contributed by atoms with Crippen molar-refractivity contribution >= 4 is 17.7 Å². The minimum absolute atomic E-state index is 0.156. The van der Waals surface area contributed by atoms with Crippen LogP contribution in [0.2, 0.25) is 0 Å². The minimum Gasteiger partial charge on any atom is -0.337 e. The summed E-state index contributed by atoms with van der Waals surface area (Å²) in [5.74, 6) is 0.759. The van der Waals surface area contributed by atoms with Crippen molar-refractivity contribution < 1.29 is 4.79 Å². The van der Waals surface area contributed by atoms with Crippen molar-refractivity contribution in [1.82, 2.24) is 4.90 Å². The quantitative estimate of drug-likeness (QED) is 0.802. The second kappa shape index (κ2) is 4.91. The number of benzene rings is 1. The summed E-state index contributed by atoms with van der Waals surface area (Å²) in [5, 5.41) is 0.156. The van der Waals surface area contributed by atoms with Crippen LogP contribution < -0.4 is 0 Å². The average molecular weight is 235 g/mol. The number of carbonyl (C=O) groups excluding carboxylic acids is 1. The molecule has 0 aliphatic carbocycles. The van der Waals surface area contributed by atoms with Gasteiger partial charge in [-0.05, 0) is 17.7 Å². The number of nitrogens with zero attached hydrogens (tertiary/aromatic N) is 1. The zero-order valence-electron chi connectivity index (χ0n) is 9.72. The Balaban J connectivity index is 2.05. The van der Waals surface area contributed by atoms with Crippen molar-refractivity contribution in [3.05, 3.63) is 35.9 Å². The molecule has 0 bridgehead atoms. The molecule has 1 fully saturated rings. The molecule has 2 rings (SSSR count). The molecule has 0 radical (unpaired) electrons. The molecule has 3 heteroatoms. The maximum absolute atomic E-state index is 12.1. The maximum atomic E-state index is 12.1. The Bertz CT molecular complexity index is 365. The van der Waals surface area contributed by atoms with Gasteiger partial charge in [-0.3, -0.25) is 4.79 Å². The second-order valence-corrected chi connectivity index (χ2v) is 5.32. The molecular formula is C13H17NOS. The first-order chi connectivity index (χ1) is 7.72. The van der Waals surface area contributed by atoms with Crippen LogP contribution in [0.4, 0.5) is 0 Å². The molecule has 2 unspecified atom stereocenters. The number of rotatable bonds is 3. The lowest BCUT2D eigenvalue weighted by Gasteiger charge is -2.16. The highest BCUT2D eigenvalue weighted by atomic mass is 32.2. The largest absolute Gasteiger partial charge is 0.337 e. The van der Waals surface area contributed by atoms with Crippen molar-refractivity contribution in [2.24, 2.45) is 5.92 Å². The molecule has 16 heavy (non-hydrogen) atoms. The van der Waals surface area contributed by atoms with Crippen LogP contribution in [-0.2, 0) is 11.3 Å². The molecule has 1 saturated heterocycles. The predicted octanol–water partition coefficient (Wildman–Crippen LogP) is 2.40. The van der Waals surface area contributed by atoms with Crippen LogP contribution in [0.25, 0.3) is 0 Å². The summed E-state index contributed by atoms with van der Waals surface area (Å²) in [4.78, 5) is 14.0. The molecule has 86 valence electrons. The van der Waals surface area contributed by atoms with E-state index in [0.717, 1.165) is 13.1 Å². The van der Waals surface area contributed by atoms with Gasteiger partial charge in [0.1, 0.15) is 0 Å². The third-order valence-electron chi connectivity index (χ3n) is 3.05. The third-order valence-corrected chi connectivity index (χ3v) is 4.22. The normalized spacial score (nSPS) is 25.1. The molecule has 1 aliphatic heterocycles. The molecule has 2 atom stereocenters. The summed E-state index contributed by atoms with van der Waals surface area (Å²) >= 11 is 1.67. The van der Waals surface area contributed by atoms with E-state index >= 15 is 0 Å². The van der Waals surface area contributed by atoms with E-state index in [2.05, 4.69) is 19.1 Å². The van der Waals surface area contributed by atoms with Crippen molar-refractivity contribution in [3.8, 4) is 0 Å². The van der Waals surface area contributed by atoms with Crippen LogP contribution in [0.15, 0.2) is 30.3 Å². The van der Waals surface area contributed by atoms with Gasteiger partial charge < -0.3 is 4.90 Å². The molecule has 1 aromatic rings. The Morgan fingerprint density at radius 3 is 2.62 bits per heavy atom. The van der Waals surface area contributed by atoms with Gasteiger partial charge in [-0.2, -0.15) is 11.8 Å². The highest BCUT2D eigenvalue weighted by Crippen LogP contribution is 2.28. The molecular weight excluding hydrogens is 218 g/mol. The van der Waals surface area contributed by atoms with Crippen molar-refractivity contribution in [1.29, 1.82) is 0 Å². The van der Waals surface area contributed by atoms with Crippen LogP contribution >= 0.6 is 11.8 Å². The lowest BCUT2D eigenvalue weighted by atomic mass is 10.1. The van der Waals surface area contributed by atoms with Gasteiger partial charge in [0.2, 0.25) is 5.91 Å². The van der Waals surface area contributed by atoms with Crippen LogP contribution in [0, 0.1) is 5.92 Å². The smallest absolute Gasteiger partial charge is 0.236 e. The topological polar surface area (TPSA) is 20.3 Å². The van der Waals surface area contributed by atoms with Gasteiger partial charge in [0.05, 0.1) is 5.25 Å². The average Bonchev–Trinajstić information content (AvgIpc) is 2.55. The highest BCUT2D eigenvalue weighted by Gasteiger charge is 2.36. The summed E-state index contributed by atoms with van der Waals surface area (Å²) in [7, 11) is 0. The molecule has 1 aromatic carbocycles. The summed E-state index contributed by atoms with van der Waals surface area (Å²) in [6.07, 6.45) is 2.02. The van der Waals surface area contributed by atoms with Crippen molar-refractivity contribution in [3.63, 3.8) is 0 Å². The van der Waals surface area contributed by atoms with E-state index in [4.69, 9.17) is 0 Å². The SMILES string of the molecule is CSC1C(=O)N(Cc2ccccc2)CC1C. The van der Waals surface area contributed by atoms with Crippen molar-refractivity contribution in [2.75, 3.05) is 12.8 Å². The maximum Gasteiger partial charge on any atom is 0.236 e. The molecule has 1 amide bonds. The first-order valence-corrected chi connectivity index (χ1v) is 6.86. The molecule has 1 heterocycles. The van der Waals surface area contributed by atoms with E-state index in [-0.39, 0.29) is 5.25 Å². The molecule has 0 spiro atoms. The van der Waals surface area contributed by atoms with Gasteiger partial charge in [0.25, 0.3) is 0 Å². The highest BCUT2D eigenvalue weighted by molar-refractivity contribution is 7.99. The summed E-state index contributed by atoms with van der Waals surface area (Å²) < 4.78 is 0. The fraction of sp³-hybridized carbons (Fsp3) is 0.462. The van der Waals surface area contributed by atoms with E-state index in [1.807, 2.05) is 29.4 Å². The van der Waals surface area contributed by atoms with E-state index < -0.39 is 0 Å². The summed E-state index contributed by atoms with van der Waals surface area (Å²) in [6.45, 7) is 3.80. The van der Waals surface area contributed by atoms with Crippen LogP contribution in [-0.4, -0.2) is 28.9 Å². The van der Waals surface area contributed by atoms with Crippen molar-refractivity contribution in [2.45, 2.75) is 18.7 Å². The Morgan fingerprint density at radius 2 is 2.06 bits per heavy atom. The third kappa shape index (κ3) is 2.24. The molecule has 1 aliphatic rings. The monoisotopic (exact) mass is 235 g/mol. The van der Waals surface area contributed by atoms with Crippen LogP contribution in [0.1, 0.15) is 12.5 Å². The number of likely N-dealkylation sites (tertiary alicyclic amines) is 1. The number of hydrogen-bond acceptors (Lipinski definition) is 2. The lowest BCUT2D eigenvalue weighted by Crippen LogP contribution is -2.27. The van der Waals surface area contributed by atoms with Gasteiger partial charge >= 0.3 is 0 Å². The minimum atomic E-state index is 0.156. The Morgan fingerprint density at radius 1 is 1.38 bits per heavy atom. The standard InChI is InChI=1S/C13H17NOS/c1-10-8-14(13(15)12(10)16-2)9-11-6-4-3-5-7-11/h3-7,10,12H,8-9H2,1-2H3. The first-order valence-electron chi connectivity index (χ1n) is 5.58. The van der Waals surface area contributed by atoms with Gasteiger partial charge in [-0.1, -0.05) is 37.3 Å². The predicted molar refractivity (Wildman–Crippen MR) is 68.3 cm³/mol. The summed E-state index contributed by atoms with van der Waals surface area (Å²) in [6, 6.07) is 10.2. The Hall–Kier alpha value is -0.960. The van der Waals surface area contributed by atoms with E-state index in [0.29, 0.717) is 11.8 Å². The lowest BCUT2D eigenvalue weighted by molar-refractivity contribution is -0.127. The summed E-state index contributed by atoms with van der Waals surface area (Å²) in [5.41, 5.74) is 1.21. The van der Waals surface area contributed by atoms with Gasteiger partial charge in [0, 0.05) is 13.1 Å². The second-order valence-electron chi connectivity index (χ2n) is 4.34. The zero-order valence-corrected chi connectivity index (χ0v) is 10.5. The number of thioether (sulfide) groups is 1. The molecule has 0 saturated carbocycles. The Labute approximate surface area is 101 Å².